The van der Waals surface area contributed by atoms with Crippen molar-refractivity contribution in [3.63, 3.8) is 0 Å². The number of Topliss-reactive ketones (excluding diaryl/α,β-unsaturated/α-hetero) is 1. The molecular formula is C23H18F2N2O. The zero-order chi connectivity index (χ0) is 19.3. The number of hydrogen-bond acceptors (Lipinski definition) is 2. The van der Waals surface area contributed by atoms with Crippen LogP contribution in [0.3, 0.4) is 0 Å². The lowest BCUT2D eigenvalue weighted by Gasteiger charge is -2.34. The van der Waals surface area contributed by atoms with Crippen LogP contribution in [0.4, 0.5) is 8.78 Å². The maximum absolute atomic E-state index is 13.5. The predicted molar refractivity (Wildman–Crippen MR) is 102 cm³/mol. The van der Waals surface area contributed by atoms with Gasteiger partial charge in [-0.15, -0.1) is 0 Å². The summed E-state index contributed by atoms with van der Waals surface area (Å²) in [6.07, 6.45) is 6.33. The van der Waals surface area contributed by atoms with Crippen molar-refractivity contribution in [1.82, 2.24) is 10.2 Å². The Morgan fingerprint density at radius 1 is 0.964 bits per heavy atom. The van der Waals surface area contributed by atoms with E-state index in [0.717, 1.165) is 35.2 Å². The average Bonchev–Trinajstić information content (AvgIpc) is 3.48. The van der Waals surface area contributed by atoms with E-state index in [4.69, 9.17) is 0 Å². The van der Waals surface area contributed by atoms with Crippen molar-refractivity contribution >= 4 is 11.9 Å². The number of fused-ring (bicyclic) bond motifs is 1. The average molecular weight is 376 g/mol. The maximum atomic E-state index is 13.5. The summed E-state index contributed by atoms with van der Waals surface area (Å²) in [5.41, 5.74) is 3.39. The molecule has 1 heterocycles. The lowest BCUT2D eigenvalue weighted by atomic mass is 9.68. The Bertz CT molecular complexity index is 1030. The van der Waals surface area contributed by atoms with Crippen LogP contribution in [0.1, 0.15) is 45.7 Å². The molecule has 0 unspecified atom stereocenters. The van der Waals surface area contributed by atoms with Gasteiger partial charge >= 0.3 is 0 Å². The van der Waals surface area contributed by atoms with Gasteiger partial charge < -0.3 is 0 Å². The first-order chi connectivity index (χ1) is 13.6. The molecule has 3 aromatic rings. The molecule has 0 aliphatic heterocycles. The van der Waals surface area contributed by atoms with E-state index < -0.39 is 5.41 Å². The lowest BCUT2D eigenvalue weighted by molar-refractivity contribution is 0.0962. The van der Waals surface area contributed by atoms with E-state index in [9.17, 15) is 13.6 Å². The fraction of sp³-hybridized carbons (Fsp3) is 0.217. The Kier molecular flexibility index (Phi) is 3.79. The standard InChI is InChI=1S/C23H18F2N2O/c24-17-7-3-15(4-8-17)23(16-5-9-18(25)10-6-16)12-11-19-20(13-23)26-27-21(19)22(28)14-1-2-14/h3-12,14H,1-2,13H2,(H,26,27). The van der Waals surface area contributed by atoms with Crippen LogP contribution < -0.4 is 0 Å². The van der Waals surface area contributed by atoms with Crippen LogP contribution in [0, 0.1) is 17.6 Å². The number of nitrogens with zero attached hydrogens (tertiary/aromatic N) is 1. The van der Waals surface area contributed by atoms with E-state index in [-0.39, 0.29) is 23.3 Å². The van der Waals surface area contributed by atoms with E-state index in [0.29, 0.717) is 12.1 Å². The third kappa shape index (κ3) is 2.70. The van der Waals surface area contributed by atoms with Crippen LogP contribution in [0.2, 0.25) is 0 Å². The van der Waals surface area contributed by atoms with Gasteiger partial charge in [-0.05, 0) is 48.2 Å². The number of halogens is 2. The number of allylic oxidation sites excluding steroid dienone is 1. The molecule has 5 rings (SSSR count). The first-order valence-corrected chi connectivity index (χ1v) is 9.39. The molecule has 28 heavy (non-hydrogen) atoms. The van der Waals surface area contributed by atoms with Crippen LogP contribution in [0.15, 0.2) is 54.6 Å². The molecule has 2 aromatic carbocycles. The van der Waals surface area contributed by atoms with E-state index in [1.54, 1.807) is 24.3 Å². The molecule has 0 amide bonds. The van der Waals surface area contributed by atoms with Gasteiger partial charge in [-0.3, -0.25) is 9.89 Å². The number of carbonyl (C=O) groups is 1. The van der Waals surface area contributed by atoms with Gasteiger partial charge in [0.1, 0.15) is 17.3 Å². The first kappa shape index (κ1) is 17.0. The molecule has 0 spiro atoms. The second-order valence-electron chi connectivity index (χ2n) is 7.60. The Balaban J connectivity index is 1.63. The zero-order valence-corrected chi connectivity index (χ0v) is 15.1. The summed E-state index contributed by atoms with van der Waals surface area (Å²) >= 11 is 0. The van der Waals surface area contributed by atoms with Gasteiger partial charge in [0.2, 0.25) is 0 Å². The molecule has 0 bridgehead atoms. The summed E-state index contributed by atoms with van der Waals surface area (Å²) in [4.78, 5) is 12.5. The summed E-state index contributed by atoms with van der Waals surface area (Å²) in [6.45, 7) is 0. The number of benzene rings is 2. The van der Waals surface area contributed by atoms with Gasteiger partial charge in [0.25, 0.3) is 0 Å². The monoisotopic (exact) mass is 376 g/mol. The number of ketones is 1. The van der Waals surface area contributed by atoms with E-state index in [1.807, 2.05) is 12.2 Å². The number of nitrogens with one attached hydrogen (secondary N) is 1. The van der Waals surface area contributed by atoms with Crippen LogP contribution in [-0.2, 0) is 11.8 Å². The summed E-state index contributed by atoms with van der Waals surface area (Å²) in [6, 6.07) is 12.7. The molecule has 0 atom stereocenters. The fourth-order valence-corrected chi connectivity index (χ4v) is 4.05. The fourth-order valence-electron chi connectivity index (χ4n) is 4.05. The largest absolute Gasteiger partial charge is 0.292 e. The van der Waals surface area contributed by atoms with Gasteiger partial charge in [0, 0.05) is 29.0 Å². The molecule has 0 radical (unpaired) electrons. The van der Waals surface area contributed by atoms with Crippen LogP contribution in [0.5, 0.6) is 0 Å². The van der Waals surface area contributed by atoms with Gasteiger partial charge in [-0.2, -0.15) is 5.10 Å². The molecule has 1 fully saturated rings. The predicted octanol–water partition coefficient (Wildman–Crippen LogP) is 4.84. The van der Waals surface area contributed by atoms with Crippen LogP contribution in [0.25, 0.3) is 6.08 Å². The normalized spacial score (nSPS) is 17.4. The third-order valence-electron chi connectivity index (χ3n) is 5.77. The van der Waals surface area contributed by atoms with E-state index in [2.05, 4.69) is 10.2 Å². The molecule has 3 nitrogen and oxygen atoms in total. The third-order valence-corrected chi connectivity index (χ3v) is 5.77. The van der Waals surface area contributed by atoms with E-state index >= 15 is 0 Å². The minimum absolute atomic E-state index is 0.0956. The minimum atomic E-state index is -0.596. The highest BCUT2D eigenvalue weighted by atomic mass is 19.1. The number of rotatable bonds is 4. The first-order valence-electron chi connectivity index (χ1n) is 9.39. The highest BCUT2D eigenvalue weighted by Crippen LogP contribution is 2.43. The quantitative estimate of drug-likeness (QED) is 0.663. The van der Waals surface area contributed by atoms with Crippen molar-refractivity contribution in [2.24, 2.45) is 5.92 Å². The van der Waals surface area contributed by atoms with Gasteiger partial charge in [0.05, 0.1) is 0 Å². The van der Waals surface area contributed by atoms with Gasteiger partial charge in [-0.25, -0.2) is 8.78 Å². The number of aromatic nitrogens is 2. The number of carbonyl (C=O) groups excluding carboxylic acids is 1. The molecule has 5 heteroatoms. The smallest absolute Gasteiger partial charge is 0.186 e. The Hall–Kier alpha value is -3.08. The molecule has 1 N–H and O–H groups in total. The molecule has 140 valence electrons. The molecule has 1 saturated carbocycles. The van der Waals surface area contributed by atoms with Crippen molar-refractivity contribution in [3.05, 3.63) is 94.3 Å². The Morgan fingerprint density at radius 2 is 1.54 bits per heavy atom. The molecular weight excluding hydrogens is 358 g/mol. The van der Waals surface area contributed by atoms with E-state index in [1.165, 1.54) is 24.3 Å². The second kappa shape index (κ2) is 6.23. The van der Waals surface area contributed by atoms with Crippen molar-refractivity contribution < 1.29 is 13.6 Å². The molecule has 2 aliphatic rings. The van der Waals surface area contributed by atoms with Crippen molar-refractivity contribution in [3.8, 4) is 0 Å². The Labute approximate surface area is 161 Å². The van der Waals surface area contributed by atoms with Gasteiger partial charge in [-0.1, -0.05) is 36.4 Å². The molecule has 1 aromatic heterocycles. The highest BCUT2D eigenvalue weighted by Gasteiger charge is 2.39. The topological polar surface area (TPSA) is 45.8 Å². The zero-order valence-electron chi connectivity index (χ0n) is 15.1. The second-order valence-corrected chi connectivity index (χ2v) is 7.60. The maximum Gasteiger partial charge on any atom is 0.186 e. The van der Waals surface area contributed by atoms with Crippen molar-refractivity contribution in [2.75, 3.05) is 0 Å². The van der Waals surface area contributed by atoms with Crippen LogP contribution in [-0.4, -0.2) is 16.0 Å². The summed E-state index contributed by atoms with van der Waals surface area (Å²) in [5, 5.41) is 7.33. The van der Waals surface area contributed by atoms with Crippen LogP contribution >= 0.6 is 0 Å². The van der Waals surface area contributed by atoms with Crippen molar-refractivity contribution in [1.29, 1.82) is 0 Å². The van der Waals surface area contributed by atoms with Crippen molar-refractivity contribution in [2.45, 2.75) is 24.7 Å². The van der Waals surface area contributed by atoms with Gasteiger partial charge in [0.15, 0.2) is 5.78 Å². The summed E-state index contributed by atoms with van der Waals surface area (Å²) in [7, 11) is 0. The molecule has 0 saturated heterocycles. The number of aromatic amines is 1. The lowest BCUT2D eigenvalue weighted by Crippen LogP contribution is -2.30. The Morgan fingerprint density at radius 3 is 2.07 bits per heavy atom. The molecule has 2 aliphatic carbocycles. The minimum Gasteiger partial charge on any atom is -0.292 e. The summed E-state index contributed by atoms with van der Waals surface area (Å²) in [5.74, 6) is -0.422. The SMILES string of the molecule is O=C(c1n[nH]c2c1C=CC(c1ccc(F)cc1)(c1ccc(F)cc1)C2)C1CC1. The highest BCUT2D eigenvalue weighted by molar-refractivity contribution is 6.01. The summed E-state index contributed by atoms with van der Waals surface area (Å²) < 4.78 is 27.1. The number of H-pyrrole nitrogens is 1. The number of hydrogen-bond donors (Lipinski definition) is 1.